The standard InChI is InChI=1S/C12H8N5O7S2.Y/c18-11-9(26(22,23)24)3-6-1-2-7(25(19,20)21)4-8(6)10(11)15-17-12-13-5-14-16-12;/h1-4,15,18H,(H,19,20,21)(H,22,23,24);/q-1;+3/b17-12+;. The minimum Gasteiger partial charge on any atom is -0.504 e. The van der Waals surface area contributed by atoms with E-state index in [1.165, 1.54) is 6.07 Å². The van der Waals surface area contributed by atoms with E-state index in [4.69, 9.17) is 0 Å². The van der Waals surface area contributed by atoms with Crippen LogP contribution in [0.5, 0.6) is 5.75 Å². The minimum atomic E-state index is -4.81. The Kier molecular flexibility index (Phi) is 6.08. The van der Waals surface area contributed by atoms with Gasteiger partial charge in [0, 0.05) is 5.39 Å². The maximum absolute atomic E-state index is 11.5. The number of hydrogen-bond acceptors (Lipinski definition) is 8. The molecule has 0 amide bonds. The average Bonchev–Trinajstić information content (AvgIpc) is 3.04. The monoisotopic (exact) mass is 487 g/mol. The molecule has 0 atom stereocenters. The number of nitrogens with one attached hydrogen (secondary N) is 1. The number of nitrogens with zero attached hydrogens (tertiary/aromatic N) is 4. The van der Waals surface area contributed by atoms with Gasteiger partial charge >= 0.3 is 32.7 Å². The van der Waals surface area contributed by atoms with Crippen molar-refractivity contribution in [2.45, 2.75) is 9.79 Å². The molecule has 0 saturated heterocycles. The fraction of sp³-hybridized carbons (Fsp3) is 0. The van der Waals surface area contributed by atoms with E-state index in [0.29, 0.717) is 0 Å². The molecular formula is C12H8N5O7S2Y+2. The third-order valence-electron chi connectivity index (χ3n) is 3.23. The first-order valence-electron chi connectivity index (χ1n) is 6.52. The zero-order chi connectivity index (χ0) is 19.1. The van der Waals surface area contributed by atoms with E-state index in [-0.39, 0.29) is 55.1 Å². The number of aromatic hydroxyl groups is 1. The number of hydrazone groups is 1. The number of guanidine groups is 1. The van der Waals surface area contributed by atoms with Crippen molar-refractivity contribution in [1.29, 1.82) is 0 Å². The fourth-order valence-electron chi connectivity index (χ4n) is 2.12. The summed E-state index contributed by atoms with van der Waals surface area (Å²) < 4.78 is 64.0. The quantitative estimate of drug-likeness (QED) is 0.213. The van der Waals surface area contributed by atoms with Crippen molar-refractivity contribution >= 4 is 49.0 Å². The Hall–Kier alpha value is -1.84. The van der Waals surface area contributed by atoms with Crippen LogP contribution < -0.4 is 5.43 Å². The van der Waals surface area contributed by atoms with Crippen molar-refractivity contribution in [3.8, 4) is 5.75 Å². The molecule has 0 saturated carbocycles. The normalized spacial score (nSPS) is 15.3. The van der Waals surface area contributed by atoms with E-state index in [1.54, 1.807) is 0 Å². The molecule has 0 unspecified atom stereocenters. The summed E-state index contributed by atoms with van der Waals surface area (Å²) in [6, 6.07) is 4.09. The summed E-state index contributed by atoms with van der Waals surface area (Å²) in [6.07, 6.45) is 2.13. The van der Waals surface area contributed by atoms with Gasteiger partial charge in [-0.05, 0) is 29.9 Å². The van der Waals surface area contributed by atoms with Gasteiger partial charge in [-0.2, -0.15) is 16.8 Å². The van der Waals surface area contributed by atoms with Crippen LogP contribution in [0.15, 0.2) is 54.4 Å². The minimum absolute atomic E-state index is 0. The third kappa shape index (κ3) is 4.53. The zero-order valence-electron chi connectivity index (χ0n) is 13.0. The van der Waals surface area contributed by atoms with E-state index in [0.717, 1.165) is 18.2 Å². The Labute approximate surface area is 177 Å². The molecule has 1 aliphatic rings. The van der Waals surface area contributed by atoms with Gasteiger partial charge in [0.05, 0.1) is 4.90 Å². The molecule has 0 fully saturated rings. The van der Waals surface area contributed by atoms with Crippen LogP contribution in [0.3, 0.4) is 0 Å². The van der Waals surface area contributed by atoms with Gasteiger partial charge in [0.2, 0.25) is 0 Å². The Morgan fingerprint density at radius 3 is 2.33 bits per heavy atom. The number of benzene rings is 2. The molecule has 0 spiro atoms. The maximum atomic E-state index is 11.5. The average molecular weight is 487 g/mol. The fourth-order valence-corrected chi connectivity index (χ4v) is 3.25. The second-order valence-electron chi connectivity index (χ2n) is 4.87. The van der Waals surface area contributed by atoms with Crippen molar-refractivity contribution < 1.29 is 63.8 Å². The predicted octanol–water partition coefficient (Wildman–Crippen LogP) is 1.09. The number of rotatable bonds is 4. The number of phenolic OH excluding ortho intramolecular Hbond substituents is 1. The number of anilines is 1. The molecule has 12 nitrogen and oxygen atoms in total. The number of azo groups is 1. The van der Waals surface area contributed by atoms with E-state index in [1.807, 2.05) is 0 Å². The largest absolute Gasteiger partial charge is 3.00 e. The van der Waals surface area contributed by atoms with E-state index in [9.17, 15) is 31.0 Å². The molecule has 1 aliphatic heterocycles. The van der Waals surface area contributed by atoms with Crippen LogP contribution in [0.2, 0.25) is 0 Å². The summed E-state index contributed by atoms with van der Waals surface area (Å²) in [4.78, 5) is 2.16. The molecule has 1 heterocycles. The van der Waals surface area contributed by atoms with Gasteiger partial charge in [-0.25, -0.2) is 10.2 Å². The van der Waals surface area contributed by atoms with Crippen LogP contribution in [-0.2, 0) is 52.9 Å². The van der Waals surface area contributed by atoms with E-state index >= 15 is 0 Å². The molecule has 15 heteroatoms. The smallest absolute Gasteiger partial charge is 0.504 e. The van der Waals surface area contributed by atoms with Crippen molar-refractivity contribution in [2.75, 3.05) is 5.43 Å². The Bertz CT molecular complexity index is 1210. The van der Waals surface area contributed by atoms with Crippen LogP contribution in [0.1, 0.15) is 0 Å². The Morgan fingerprint density at radius 1 is 1.07 bits per heavy atom. The second kappa shape index (κ2) is 7.65. The predicted molar refractivity (Wildman–Crippen MR) is 88.6 cm³/mol. The molecule has 0 aromatic heterocycles. The third-order valence-corrected chi connectivity index (χ3v) is 4.95. The van der Waals surface area contributed by atoms with Crippen LogP contribution in [0, 0.1) is 0 Å². The van der Waals surface area contributed by atoms with Crippen molar-refractivity contribution in [3.63, 3.8) is 0 Å². The van der Waals surface area contributed by atoms with Crippen LogP contribution >= 0.6 is 0 Å². The van der Waals surface area contributed by atoms with Crippen molar-refractivity contribution in [1.82, 2.24) is 0 Å². The first-order valence-corrected chi connectivity index (χ1v) is 9.40. The van der Waals surface area contributed by atoms with Gasteiger partial charge in [-0.1, -0.05) is 6.07 Å². The summed E-state index contributed by atoms with van der Waals surface area (Å²) in [5.41, 5.74) is 1.92. The molecule has 27 heavy (non-hydrogen) atoms. The molecule has 2 aromatic rings. The Balaban J connectivity index is 0.00000261. The van der Waals surface area contributed by atoms with Crippen LogP contribution in [0.4, 0.5) is 5.69 Å². The van der Waals surface area contributed by atoms with Gasteiger partial charge in [0.15, 0.2) is 5.75 Å². The summed E-state index contributed by atoms with van der Waals surface area (Å²) in [5, 5.41) is 20.7. The van der Waals surface area contributed by atoms with Crippen molar-refractivity contribution in [2.24, 2.45) is 20.3 Å². The molecule has 4 N–H and O–H groups in total. The van der Waals surface area contributed by atoms with Gasteiger partial charge in [-0.3, -0.25) is 19.6 Å². The van der Waals surface area contributed by atoms with Gasteiger partial charge < -0.3 is 10.1 Å². The van der Waals surface area contributed by atoms with Gasteiger partial charge in [-0.15, -0.1) is 0 Å². The second-order valence-corrected chi connectivity index (χ2v) is 7.68. The number of hydrogen-bond donors (Lipinski definition) is 4. The number of phenols is 1. The molecule has 3 rings (SSSR count). The van der Waals surface area contributed by atoms with Gasteiger partial charge in [0.25, 0.3) is 20.2 Å². The summed E-state index contributed by atoms with van der Waals surface area (Å²) in [5.74, 6) is -1.14. The topological polar surface area (TPSA) is 190 Å². The Morgan fingerprint density at radius 2 is 1.78 bits per heavy atom. The van der Waals surface area contributed by atoms with Crippen molar-refractivity contribution in [3.05, 3.63) is 24.3 Å². The molecule has 0 aliphatic carbocycles. The number of aliphatic imine (C=N–C) groups is 1. The maximum Gasteiger partial charge on any atom is 3.00 e. The SMILES string of the molecule is O=S(=O)(O)c1ccc2cc(S(=O)(=O)O)c(O)c(N/N=C3\N=[C-]N=N3)c2c1.[Y+3]. The first-order chi connectivity index (χ1) is 12.1. The summed E-state index contributed by atoms with van der Waals surface area (Å²) in [7, 11) is -9.38. The van der Waals surface area contributed by atoms with Crippen LogP contribution in [0.25, 0.3) is 10.8 Å². The van der Waals surface area contributed by atoms with Gasteiger partial charge in [0.1, 0.15) is 16.5 Å². The summed E-state index contributed by atoms with van der Waals surface area (Å²) >= 11 is 0. The zero-order valence-corrected chi connectivity index (χ0v) is 17.4. The van der Waals surface area contributed by atoms with Crippen LogP contribution in [-0.4, -0.2) is 43.3 Å². The molecule has 2 aromatic carbocycles. The van der Waals surface area contributed by atoms with E-state index in [2.05, 4.69) is 32.1 Å². The molecule has 0 radical (unpaired) electrons. The first kappa shape index (κ1) is 21.5. The molecule has 0 bridgehead atoms. The molecule has 136 valence electrons. The molecular weight excluding hydrogens is 479 g/mol. The number of fused-ring (bicyclic) bond motifs is 1. The van der Waals surface area contributed by atoms with E-state index < -0.39 is 35.8 Å². The summed E-state index contributed by atoms with van der Waals surface area (Å²) in [6.45, 7) is 0.